The molecule has 2 aromatic rings. The molecule has 1 N–H and O–H groups in total. The van der Waals surface area contributed by atoms with E-state index in [1.54, 1.807) is 24.2 Å². The monoisotopic (exact) mass is 326 g/mol. The van der Waals surface area contributed by atoms with Crippen LogP contribution in [0.2, 0.25) is 0 Å². The van der Waals surface area contributed by atoms with Crippen LogP contribution in [0, 0.1) is 0 Å². The Bertz CT molecular complexity index is 688. The lowest BCUT2D eigenvalue weighted by Gasteiger charge is -2.16. The number of carbonyl (C=O) groups excluding carboxylic acids is 2. The van der Waals surface area contributed by atoms with Crippen LogP contribution in [-0.4, -0.2) is 40.3 Å². The van der Waals surface area contributed by atoms with Crippen molar-refractivity contribution in [1.29, 1.82) is 0 Å². The Balaban J connectivity index is 2.01. The van der Waals surface area contributed by atoms with Crippen LogP contribution in [0.1, 0.15) is 46.2 Å². The molecule has 2 aromatic heterocycles. The number of hydrogen-bond acceptors (Lipinski definition) is 4. The van der Waals surface area contributed by atoms with Gasteiger partial charge in [-0.15, -0.1) is 0 Å². The lowest BCUT2D eigenvalue weighted by molar-refractivity contribution is 0.0793. The number of aromatic nitrogens is 2. The molecule has 0 fully saturated rings. The molecule has 0 saturated carbocycles. The smallest absolute Gasteiger partial charge is 0.255 e. The van der Waals surface area contributed by atoms with Gasteiger partial charge in [-0.3, -0.25) is 19.6 Å². The van der Waals surface area contributed by atoms with Crippen molar-refractivity contribution in [1.82, 2.24) is 20.2 Å². The topological polar surface area (TPSA) is 75.2 Å². The second-order valence-corrected chi connectivity index (χ2v) is 5.55. The summed E-state index contributed by atoms with van der Waals surface area (Å²) in [6.45, 7) is 3.09. The highest BCUT2D eigenvalue weighted by Crippen LogP contribution is 2.07. The van der Waals surface area contributed by atoms with Crippen molar-refractivity contribution in [3.8, 4) is 0 Å². The van der Waals surface area contributed by atoms with Gasteiger partial charge in [0.05, 0.1) is 23.4 Å². The van der Waals surface area contributed by atoms with Gasteiger partial charge in [0.2, 0.25) is 0 Å². The molecule has 0 radical (unpaired) electrons. The zero-order valence-electron chi connectivity index (χ0n) is 14.0. The lowest BCUT2D eigenvalue weighted by Crippen LogP contribution is -2.28. The fourth-order valence-corrected chi connectivity index (χ4v) is 2.17. The van der Waals surface area contributed by atoms with Gasteiger partial charge in [0, 0.05) is 32.2 Å². The van der Waals surface area contributed by atoms with Gasteiger partial charge < -0.3 is 10.2 Å². The van der Waals surface area contributed by atoms with E-state index in [4.69, 9.17) is 0 Å². The van der Waals surface area contributed by atoms with Gasteiger partial charge >= 0.3 is 0 Å². The van der Waals surface area contributed by atoms with E-state index < -0.39 is 0 Å². The predicted octanol–water partition coefficient (Wildman–Crippen LogP) is 2.28. The van der Waals surface area contributed by atoms with Crippen LogP contribution in [0.4, 0.5) is 0 Å². The zero-order chi connectivity index (χ0) is 17.4. The molecule has 2 rings (SSSR count). The summed E-state index contributed by atoms with van der Waals surface area (Å²) in [6.07, 6.45) is 6.58. The van der Waals surface area contributed by atoms with Crippen LogP contribution >= 0.6 is 0 Å². The maximum atomic E-state index is 12.3. The van der Waals surface area contributed by atoms with Crippen molar-refractivity contribution in [3.05, 3.63) is 59.7 Å². The van der Waals surface area contributed by atoms with Gasteiger partial charge in [-0.2, -0.15) is 0 Å². The maximum absolute atomic E-state index is 12.3. The molecule has 0 atom stereocenters. The summed E-state index contributed by atoms with van der Waals surface area (Å²) in [4.78, 5) is 34.4. The van der Waals surface area contributed by atoms with Crippen molar-refractivity contribution in [2.45, 2.75) is 26.3 Å². The molecule has 0 bridgehead atoms. The molecule has 24 heavy (non-hydrogen) atoms. The summed E-state index contributed by atoms with van der Waals surface area (Å²) in [6, 6.07) is 7.09. The third-order valence-electron chi connectivity index (χ3n) is 3.60. The molecule has 0 spiro atoms. The molecule has 2 amide bonds. The van der Waals surface area contributed by atoms with E-state index in [1.165, 1.54) is 12.4 Å². The number of amides is 2. The Morgan fingerprint density at radius 2 is 2.00 bits per heavy atom. The summed E-state index contributed by atoms with van der Waals surface area (Å²) in [5, 5.41) is 2.78. The molecule has 2 heterocycles. The molecule has 6 nitrogen and oxygen atoms in total. The predicted molar refractivity (Wildman–Crippen MR) is 91.5 cm³/mol. The van der Waals surface area contributed by atoms with Crippen molar-refractivity contribution in [3.63, 3.8) is 0 Å². The highest BCUT2D eigenvalue weighted by molar-refractivity contribution is 5.99. The Kier molecular flexibility index (Phi) is 6.42. The van der Waals surface area contributed by atoms with Gasteiger partial charge in [0.1, 0.15) is 0 Å². The van der Waals surface area contributed by atoms with Gasteiger partial charge in [-0.05, 0) is 24.6 Å². The summed E-state index contributed by atoms with van der Waals surface area (Å²) >= 11 is 0. The first-order valence-electron chi connectivity index (χ1n) is 8.00. The molecule has 0 saturated heterocycles. The van der Waals surface area contributed by atoms with E-state index in [0.29, 0.717) is 24.2 Å². The number of rotatable bonds is 7. The lowest BCUT2D eigenvalue weighted by atomic mass is 10.1. The van der Waals surface area contributed by atoms with Crippen LogP contribution in [0.15, 0.2) is 42.9 Å². The van der Waals surface area contributed by atoms with E-state index >= 15 is 0 Å². The first-order valence-corrected chi connectivity index (χ1v) is 8.00. The molecule has 0 aliphatic carbocycles. The van der Waals surface area contributed by atoms with Gasteiger partial charge in [-0.1, -0.05) is 19.4 Å². The number of carbonyl (C=O) groups is 2. The Morgan fingerprint density at radius 1 is 1.21 bits per heavy atom. The number of hydrogen-bond donors (Lipinski definition) is 1. The van der Waals surface area contributed by atoms with Crippen molar-refractivity contribution < 1.29 is 9.59 Å². The third-order valence-corrected chi connectivity index (χ3v) is 3.60. The van der Waals surface area contributed by atoms with Crippen molar-refractivity contribution >= 4 is 11.8 Å². The van der Waals surface area contributed by atoms with Crippen LogP contribution in [0.3, 0.4) is 0 Å². The minimum Gasteiger partial charge on any atom is -0.346 e. The zero-order valence-corrected chi connectivity index (χ0v) is 14.0. The van der Waals surface area contributed by atoms with Crippen LogP contribution in [0.5, 0.6) is 0 Å². The first kappa shape index (κ1) is 17.6. The second kappa shape index (κ2) is 8.76. The summed E-state index contributed by atoms with van der Waals surface area (Å²) < 4.78 is 0. The SMILES string of the molecule is CCCCN(C)C(=O)c1cncc(C(=O)NCc2ccccn2)c1. The molecule has 0 aliphatic heterocycles. The summed E-state index contributed by atoms with van der Waals surface area (Å²) in [5.74, 6) is -0.408. The van der Waals surface area contributed by atoms with Crippen LogP contribution in [0.25, 0.3) is 0 Å². The van der Waals surface area contributed by atoms with Gasteiger partial charge in [0.15, 0.2) is 0 Å². The van der Waals surface area contributed by atoms with Crippen molar-refractivity contribution in [2.24, 2.45) is 0 Å². The van der Waals surface area contributed by atoms with Gasteiger partial charge in [-0.25, -0.2) is 0 Å². The molecule has 6 heteroatoms. The molecule has 0 aromatic carbocycles. The fraction of sp³-hybridized carbons (Fsp3) is 0.333. The third kappa shape index (κ3) is 4.87. The van der Waals surface area contributed by atoms with Crippen molar-refractivity contribution in [2.75, 3.05) is 13.6 Å². The highest BCUT2D eigenvalue weighted by Gasteiger charge is 2.14. The normalized spacial score (nSPS) is 10.2. The highest BCUT2D eigenvalue weighted by atomic mass is 16.2. The standard InChI is InChI=1S/C18H22N4O2/c1-3-4-9-22(2)18(24)15-10-14(11-19-12-15)17(23)21-13-16-7-5-6-8-20-16/h5-8,10-12H,3-4,9,13H2,1-2H3,(H,21,23). The summed E-state index contributed by atoms with van der Waals surface area (Å²) in [5.41, 5.74) is 1.55. The van der Waals surface area contributed by atoms with Crippen LogP contribution < -0.4 is 5.32 Å². The number of nitrogens with one attached hydrogen (secondary N) is 1. The van der Waals surface area contributed by atoms with E-state index in [9.17, 15) is 9.59 Å². The minimum absolute atomic E-state index is 0.129. The van der Waals surface area contributed by atoms with Crippen LogP contribution in [-0.2, 0) is 6.54 Å². The first-order chi connectivity index (χ1) is 11.6. The summed E-state index contributed by atoms with van der Waals surface area (Å²) in [7, 11) is 1.76. The van der Waals surface area contributed by atoms with E-state index in [1.807, 2.05) is 18.2 Å². The largest absolute Gasteiger partial charge is 0.346 e. The van der Waals surface area contributed by atoms with E-state index in [-0.39, 0.29) is 11.8 Å². The number of nitrogens with zero attached hydrogens (tertiary/aromatic N) is 3. The Hall–Kier alpha value is -2.76. The molecule has 0 aliphatic rings. The molecular formula is C18H22N4O2. The van der Waals surface area contributed by atoms with Gasteiger partial charge in [0.25, 0.3) is 11.8 Å². The van der Waals surface area contributed by atoms with E-state index in [0.717, 1.165) is 18.5 Å². The maximum Gasteiger partial charge on any atom is 0.255 e. The fourth-order valence-electron chi connectivity index (χ4n) is 2.17. The second-order valence-electron chi connectivity index (χ2n) is 5.55. The Labute approximate surface area is 141 Å². The molecule has 126 valence electrons. The number of unbranched alkanes of at least 4 members (excludes halogenated alkanes) is 1. The molecule has 0 unspecified atom stereocenters. The number of pyridine rings is 2. The minimum atomic E-state index is -0.279. The van der Waals surface area contributed by atoms with E-state index in [2.05, 4.69) is 22.2 Å². The molecular weight excluding hydrogens is 304 g/mol. The average Bonchev–Trinajstić information content (AvgIpc) is 2.64. The quantitative estimate of drug-likeness (QED) is 0.847. The average molecular weight is 326 g/mol. The Morgan fingerprint density at radius 3 is 2.71 bits per heavy atom.